The van der Waals surface area contributed by atoms with Crippen molar-refractivity contribution in [3.05, 3.63) is 17.0 Å². The number of rotatable bonds is 4. The average molecular weight is 195 g/mol. The summed E-state index contributed by atoms with van der Waals surface area (Å²) in [7, 11) is 0. The van der Waals surface area contributed by atoms with Gasteiger partial charge in [-0.15, -0.1) is 0 Å². The van der Waals surface area contributed by atoms with Gasteiger partial charge in [0.05, 0.1) is 5.69 Å². The molecule has 0 saturated heterocycles. The van der Waals surface area contributed by atoms with Gasteiger partial charge in [0.25, 0.3) is 0 Å². The van der Waals surface area contributed by atoms with Crippen molar-refractivity contribution in [3.8, 4) is 0 Å². The van der Waals surface area contributed by atoms with Gasteiger partial charge in [-0.1, -0.05) is 13.8 Å². The van der Waals surface area contributed by atoms with Crippen molar-refractivity contribution in [2.24, 2.45) is 0 Å². The van der Waals surface area contributed by atoms with Crippen LogP contribution in [0.15, 0.2) is 0 Å². The van der Waals surface area contributed by atoms with Crippen molar-refractivity contribution >= 4 is 0 Å². The lowest BCUT2D eigenvalue weighted by atomic mass is 10.2. The van der Waals surface area contributed by atoms with E-state index in [-0.39, 0.29) is 0 Å². The van der Waals surface area contributed by atoms with Gasteiger partial charge in [-0.2, -0.15) is 5.10 Å². The molecule has 14 heavy (non-hydrogen) atoms. The largest absolute Gasteiger partial charge is 0.310 e. The fourth-order valence-electron chi connectivity index (χ4n) is 1.60. The van der Waals surface area contributed by atoms with E-state index in [2.05, 4.69) is 49.7 Å². The Kier molecular flexibility index (Phi) is 3.69. The van der Waals surface area contributed by atoms with Crippen LogP contribution >= 0.6 is 0 Å². The van der Waals surface area contributed by atoms with E-state index in [9.17, 15) is 0 Å². The number of aromatic nitrogens is 2. The van der Waals surface area contributed by atoms with Gasteiger partial charge in [0, 0.05) is 30.4 Å². The first-order valence-electron chi connectivity index (χ1n) is 5.32. The van der Waals surface area contributed by atoms with Crippen LogP contribution < -0.4 is 5.32 Å². The maximum atomic E-state index is 4.48. The van der Waals surface area contributed by atoms with Crippen molar-refractivity contribution < 1.29 is 0 Å². The van der Waals surface area contributed by atoms with Crippen LogP contribution in [0, 0.1) is 13.8 Å². The van der Waals surface area contributed by atoms with E-state index in [1.807, 2.05) is 0 Å². The topological polar surface area (TPSA) is 29.9 Å². The van der Waals surface area contributed by atoms with Crippen LogP contribution in [0.1, 0.15) is 37.7 Å². The first-order chi connectivity index (χ1) is 6.56. The van der Waals surface area contributed by atoms with Crippen LogP contribution in [-0.4, -0.2) is 15.8 Å². The summed E-state index contributed by atoms with van der Waals surface area (Å²) in [4.78, 5) is 0. The van der Waals surface area contributed by atoms with E-state index in [0.717, 1.165) is 18.8 Å². The SMILES string of the molecule is CCn1nc(C)c(CNC(C)C)c1C. The van der Waals surface area contributed by atoms with Gasteiger partial charge in [0.1, 0.15) is 0 Å². The Morgan fingerprint density at radius 2 is 2.00 bits per heavy atom. The molecule has 1 aromatic rings. The van der Waals surface area contributed by atoms with Crippen LogP contribution in [0.25, 0.3) is 0 Å². The Balaban J connectivity index is 2.80. The number of hydrogen-bond donors (Lipinski definition) is 1. The lowest BCUT2D eigenvalue weighted by Gasteiger charge is -2.08. The Labute approximate surface area is 86.5 Å². The Morgan fingerprint density at radius 3 is 2.43 bits per heavy atom. The Bertz CT molecular complexity index is 300. The lowest BCUT2D eigenvalue weighted by molar-refractivity contribution is 0.583. The molecule has 80 valence electrons. The van der Waals surface area contributed by atoms with Gasteiger partial charge in [0.15, 0.2) is 0 Å². The van der Waals surface area contributed by atoms with E-state index in [0.29, 0.717) is 6.04 Å². The van der Waals surface area contributed by atoms with E-state index < -0.39 is 0 Å². The van der Waals surface area contributed by atoms with Gasteiger partial charge in [-0.25, -0.2) is 0 Å². The summed E-state index contributed by atoms with van der Waals surface area (Å²) in [6.45, 7) is 12.5. The molecule has 0 bridgehead atoms. The minimum Gasteiger partial charge on any atom is -0.310 e. The smallest absolute Gasteiger partial charge is 0.0641 e. The molecule has 0 fully saturated rings. The minimum atomic E-state index is 0.527. The Morgan fingerprint density at radius 1 is 1.36 bits per heavy atom. The van der Waals surface area contributed by atoms with Gasteiger partial charge in [0.2, 0.25) is 0 Å². The molecule has 0 aliphatic heterocycles. The normalized spacial score (nSPS) is 11.3. The van der Waals surface area contributed by atoms with Crippen LogP contribution in [-0.2, 0) is 13.1 Å². The third kappa shape index (κ3) is 2.35. The van der Waals surface area contributed by atoms with E-state index in [4.69, 9.17) is 0 Å². The highest BCUT2D eigenvalue weighted by Crippen LogP contribution is 2.12. The van der Waals surface area contributed by atoms with Crippen molar-refractivity contribution in [2.45, 2.75) is 53.8 Å². The summed E-state index contributed by atoms with van der Waals surface area (Å²) in [6, 6.07) is 0.527. The van der Waals surface area contributed by atoms with Crippen molar-refractivity contribution in [1.29, 1.82) is 0 Å². The van der Waals surface area contributed by atoms with Gasteiger partial charge in [-0.3, -0.25) is 4.68 Å². The molecule has 3 nitrogen and oxygen atoms in total. The molecule has 0 radical (unpaired) electrons. The average Bonchev–Trinajstić information content (AvgIpc) is 2.39. The summed E-state index contributed by atoms with van der Waals surface area (Å²) in [5.74, 6) is 0. The fourth-order valence-corrected chi connectivity index (χ4v) is 1.60. The van der Waals surface area contributed by atoms with Crippen LogP contribution in [0.2, 0.25) is 0 Å². The summed E-state index contributed by atoms with van der Waals surface area (Å²) >= 11 is 0. The highest BCUT2D eigenvalue weighted by atomic mass is 15.3. The number of nitrogens with one attached hydrogen (secondary N) is 1. The molecule has 3 heteroatoms. The van der Waals surface area contributed by atoms with Gasteiger partial charge < -0.3 is 5.32 Å². The predicted molar refractivity (Wildman–Crippen MR) is 59.4 cm³/mol. The van der Waals surface area contributed by atoms with Gasteiger partial charge >= 0.3 is 0 Å². The summed E-state index contributed by atoms with van der Waals surface area (Å²) < 4.78 is 2.06. The standard InChI is InChI=1S/C11H21N3/c1-6-14-10(5)11(9(4)13-14)7-12-8(2)3/h8,12H,6-7H2,1-5H3. The molecule has 1 rings (SSSR count). The van der Waals surface area contributed by atoms with Crippen molar-refractivity contribution in [3.63, 3.8) is 0 Å². The zero-order valence-corrected chi connectivity index (χ0v) is 9.89. The second-order valence-electron chi connectivity index (χ2n) is 4.00. The molecule has 1 heterocycles. The fraction of sp³-hybridized carbons (Fsp3) is 0.727. The highest BCUT2D eigenvalue weighted by molar-refractivity contribution is 5.24. The lowest BCUT2D eigenvalue weighted by Crippen LogP contribution is -2.22. The predicted octanol–water partition coefficient (Wildman–Crippen LogP) is 2.02. The van der Waals surface area contributed by atoms with E-state index in [1.165, 1.54) is 11.3 Å². The molecule has 0 saturated carbocycles. The molecule has 1 N–H and O–H groups in total. The zero-order chi connectivity index (χ0) is 10.7. The number of aryl methyl sites for hydroxylation is 2. The first kappa shape index (κ1) is 11.2. The van der Waals surface area contributed by atoms with Crippen LogP contribution in [0.3, 0.4) is 0 Å². The molecule has 0 amide bonds. The first-order valence-corrected chi connectivity index (χ1v) is 5.32. The molecule has 0 atom stereocenters. The second kappa shape index (κ2) is 4.60. The quantitative estimate of drug-likeness (QED) is 0.796. The number of hydrogen-bond acceptors (Lipinski definition) is 2. The van der Waals surface area contributed by atoms with E-state index in [1.54, 1.807) is 0 Å². The molecule has 0 aliphatic rings. The molecule has 0 spiro atoms. The minimum absolute atomic E-state index is 0.527. The third-order valence-electron chi connectivity index (χ3n) is 2.52. The maximum absolute atomic E-state index is 4.48. The molecular formula is C11H21N3. The van der Waals surface area contributed by atoms with Crippen LogP contribution in [0.5, 0.6) is 0 Å². The Hall–Kier alpha value is -0.830. The monoisotopic (exact) mass is 195 g/mol. The maximum Gasteiger partial charge on any atom is 0.0641 e. The van der Waals surface area contributed by atoms with Crippen LogP contribution in [0.4, 0.5) is 0 Å². The summed E-state index contributed by atoms with van der Waals surface area (Å²) in [5, 5.41) is 7.91. The molecule has 0 aliphatic carbocycles. The molecular weight excluding hydrogens is 174 g/mol. The molecule has 0 unspecified atom stereocenters. The van der Waals surface area contributed by atoms with Crippen molar-refractivity contribution in [1.82, 2.24) is 15.1 Å². The summed E-state index contributed by atoms with van der Waals surface area (Å²) in [5.41, 5.74) is 3.79. The van der Waals surface area contributed by atoms with Crippen molar-refractivity contribution in [2.75, 3.05) is 0 Å². The molecule has 0 aromatic carbocycles. The molecule has 1 aromatic heterocycles. The van der Waals surface area contributed by atoms with E-state index >= 15 is 0 Å². The summed E-state index contributed by atoms with van der Waals surface area (Å²) in [6.07, 6.45) is 0. The highest BCUT2D eigenvalue weighted by Gasteiger charge is 2.09. The number of nitrogens with zero attached hydrogens (tertiary/aromatic N) is 2. The second-order valence-corrected chi connectivity index (χ2v) is 4.00. The third-order valence-corrected chi connectivity index (χ3v) is 2.52. The van der Waals surface area contributed by atoms with Gasteiger partial charge in [-0.05, 0) is 20.8 Å². The zero-order valence-electron chi connectivity index (χ0n) is 9.89.